The Bertz CT molecular complexity index is 2240. The standard InChI is InChI=1S/C91H144O5/c1-3-5-7-9-11-13-15-17-19-21-23-25-27-29-31-33-35-37-39-41-43-45-47-49-51-53-55-57-59-61-63-65-67-69-71-73-75-77-79-81-83-85-90(93)95-88-89(87-92)96-91(94)86-84-82-80-78-76-74-72-70-68-66-64-62-60-58-56-54-52-50-48-46-44-42-40-38-36-34-32-30-28-26-24-22-20-18-16-14-12-10-8-6-4-2/h5-8,11-14,17-20,23-26,29-32,35-38,41-44,47-50,53-56,89,92H,3-4,9-10,15-16,21-22,27-28,33-34,39-40,45-46,51-52,57-88H2,1-2H3/b7-5-,8-6-,13-11-,14-12-,19-17-,20-18-,25-23-,26-24-,31-29-,32-30-,37-35-,38-36-,43-41-,44-42-,49-47-,50-48-,55-53-,56-54-. The number of allylic oxidation sites excluding steroid dienone is 36. The van der Waals surface area contributed by atoms with Crippen molar-refractivity contribution < 1.29 is 24.2 Å². The van der Waals surface area contributed by atoms with Crippen LogP contribution < -0.4 is 0 Å². The summed E-state index contributed by atoms with van der Waals surface area (Å²) >= 11 is 0. The first-order chi connectivity index (χ1) is 47.6. The monoisotopic (exact) mass is 1320 g/mol. The van der Waals surface area contributed by atoms with Gasteiger partial charge in [-0.15, -0.1) is 0 Å². The highest BCUT2D eigenvalue weighted by Crippen LogP contribution is 2.17. The summed E-state index contributed by atoms with van der Waals surface area (Å²) in [5, 5.41) is 9.73. The molecule has 0 saturated heterocycles. The molecule has 0 amide bonds. The zero-order valence-corrected chi connectivity index (χ0v) is 61.8. The molecule has 1 unspecified atom stereocenters. The molecule has 0 aromatic rings. The minimum absolute atomic E-state index is 0.0763. The summed E-state index contributed by atoms with van der Waals surface area (Å²) in [7, 11) is 0. The van der Waals surface area contributed by atoms with E-state index in [1.165, 1.54) is 141 Å². The molecule has 0 saturated carbocycles. The molecule has 0 aliphatic heterocycles. The first-order valence-electron chi connectivity index (χ1n) is 39.3. The normalized spacial score (nSPS) is 13.5. The molecule has 0 aliphatic rings. The molecule has 1 atom stereocenters. The van der Waals surface area contributed by atoms with E-state index in [9.17, 15) is 14.7 Å². The van der Waals surface area contributed by atoms with Crippen LogP contribution in [0.15, 0.2) is 219 Å². The summed E-state index contributed by atoms with van der Waals surface area (Å²) < 4.78 is 10.8. The average Bonchev–Trinajstić information content (AvgIpc) is 3.73. The average molecular weight is 1320 g/mol. The predicted molar refractivity (Wildman–Crippen MR) is 425 cm³/mol. The lowest BCUT2D eigenvalue weighted by Gasteiger charge is -2.15. The van der Waals surface area contributed by atoms with E-state index in [1.54, 1.807) is 0 Å². The van der Waals surface area contributed by atoms with Crippen molar-refractivity contribution in [2.24, 2.45) is 0 Å². The van der Waals surface area contributed by atoms with Crippen LogP contribution in [0.1, 0.15) is 322 Å². The Morgan fingerprint density at radius 1 is 0.240 bits per heavy atom. The molecule has 0 aromatic heterocycles. The van der Waals surface area contributed by atoms with Gasteiger partial charge in [-0.1, -0.05) is 374 Å². The second-order valence-electron chi connectivity index (χ2n) is 25.3. The molecular weight excluding hydrogens is 1170 g/mol. The second kappa shape index (κ2) is 83.4. The third kappa shape index (κ3) is 80.7. The second-order valence-corrected chi connectivity index (χ2v) is 25.3. The van der Waals surface area contributed by atoms with Gasteiger partial charge < -0.3 is 14.6 Å². The quantitative estimate of drug-likeness (QED) is 0.0373. The molecule has 0 bridgehead atoms. The maximum atomic E-state index is 12.4. The van der Waals surface area contributed by atoms with Crippen LogP contribution in [0.3, 0.4) is 0 Å². The summed E-state index contributed by atoms with van der Waals surface area (Å²) in [6.07, 6.45) is 134. The molecule has 0 fully saturated rings. The Kier molecular flexibility index (Phi) is 78.4. The van der Waals surface area contributed by atoms with Crippen LogP contribution in [0.4, 0.5) is 0 Å². The predicted octanol–water partition coefficient (Wildman–Crippen LogP) is 28.2. The van der Waals surface area contributed by atoms with E-state index in [-0.39, 0.29) is 25.2 Å². The molecule has 0 aliphatic carbocycles. The van der Waals surface area contributed by atoms with Gasteiger partial charge >= 0.3 is 11.9 Å². The Balaban J connectivity index is 3.55. The Labute approximate surface area is 593 Å². The van der Waals surface area contributed by atoms with Gasteiger partial charge in [0.25, 0.3) is 0 Å². The third-order valence-electron chi connectivity index (χ3n) is 16.3. The van der Waals surface area contributed by atoms with Gasteiger partial charge in [0.05, 0.1) is 6.61 Å². The van der Waals surface area contributed by atoms with E-state index in [0.717, 1.165) is 154 Å². The van der Waals surface area contributed by atoms with Gasteiger partial charge in [-0.2, -0.15) is 0 Å². The lowest BCUT2D eigenvalue weighted by molar-refractivity contribution is -0.161. The molecular formula is C91H144O5. The minimum Gasteiger partial charge on any atom is -0.462 e. The van der Waals surface area contributed by atoms with Gasteiger partial charge in [0.15, 0.2) is 6.10 Å². The van der Waals surface area contributed by atoms with E-state index in [2.05, 4.69) is 233 Å². The molecule has 1 N–H and O–H groups in total. The number of esters is 2. The number of aliphatic hydroxyl groups is 1. The van der Waals surface area contributed by atoms with E-state index < -0.39 is 6.10 Å². The number of hydrogen-bond donors (Lipinski definition) is 1. The molecule has 0 rings (SSSR count). The van der Waals surface area contributed by atoms with Crippen LogP contribution in [0.5, 0.6) is 0 Å². The van der Waals surface area contributed by atoms with Gasteiger partial charge in [-0.25, -0.2) is 0 Å². The maximum Gasteiger partial charge on any atom is 0.306 e. The molecule has 5 nitrogen and oxygen atoms in total. The highest BCUT2D eigenvalue weighted by molar-refractivity contribution is 5.70. The van der Waals surface area contributed by atoms with Crippen molar-refractivity contribution in [3.63, 3.8) is 0 Å². The van der Waals surface area contributed by atoms with Crippen LogP contribution in [0.25, 0.3) is 0 Å². The van der Waals surface area contributed by atoms with Crippen molar-refractivity contribution in [3.8, 4) is 0 Å². The Morgan fingerprint density at radius 2 is 0.417 bits per heavy atom. The molecule has 0 aromatic carbocycles. The third-order valence-corrected chi connectivity index (χ3v) is 16.3. The van der Waals surface area contributed by atoms with Crippen LogP contribution >= 0.6 is 0 Å². The smallest absolute Gasteiger partial charge is 0.306 e. The number of rotatable bonds is 70. The molecule has 5 heteroatoms. The number of hydrogen-bond acceptors (Lipinski definition) is 5. The van der Waals surface area contributed by atoms with Crippen LogP contribution in [0, 0.1) is 0 Å². The molecule has 538 valence electrons. The number of aliphatic hydroxyl groups excluding tert-OH is 1. The highest BCUT2D eigenvalue weighted by Gasteiger charge is 2.16. The molecule has 0 heterocycles. The Hall–Kier alpha value is -5.78. The zero-order chi connectivity index (χ0) is 69.0. The van der Waals surface area contributed by atoms with Crippen molar-refractivity contribution in [2.45, 2.75) is 328 Å². The first-order valence-corrected chi connectivity index (χ1v) is 39.3. The van der Waals surface area contributed by atoms with E-state index in [4.69, 9.17) is 9.47 Å². The van der Waals surface area contributed by atoms with Crippen molar-refractivity contribution in [2.75, 3.05) is 13.2 Å². The van der Waals surface area contributed by atoms with Gasteiger partial charge in [0.2, 0.25) is 0 Å². The fraction of sp³-hybridized carbons (Fsp3) is 0.582. The molecule has 96 heavy (non-hydrogen) atoms. The Morgan fingerprint density at radius 3 is 0.625 bits per heavy atom. The fourth-order valence-corrected chi connectivity index (χ4v) is 10.5. The largest absolute Gasteiger partial charge is 0.462 e. The summed E-state index contributed by atoms with van der Waals surface area (Å²) in [6.45, 7) is 3.92. The van der Waals surface area contributed by atoms with E-state index in [1.807, 2.05) is 0 Å². The summed E-state index contributed by atoms with van der Waals surface area (Å²) in [6, 6.07) is 0. The van der Waals surface area contributed by atoms with Crippen LogP contribution in [-0.2, 0) is 19.1 Å². The van der Waals surface area contributed by atoms with Gasteiger partial charge in [-0.3, -0.25) is 9.59 Å². The minimum atomic E-state index is -0.789. The molecule has 0 spiro atoms. The summed E-state index contributed by atoms with van der Waals surface area (Å²) in [5.41, 5.74) is 0. The van der Waals surface area contributed by atoms with Crippen molar-refractivity contribution in [3.05, 3.63) is 219 Å². The first kappa shape index (κ1) is 90.2. The fourth-order valence-electron chi connectivity index (χ4n) is 10.5. The SMILES string of the molecule is CC/C=C\C/C=C\C/C=C\C/C=C\C/C=C\C/C=C\C/C=C\C/C=C\C/C=C\CCCCCCCCCCCCCCCC(=O)OCC(CO)OC(=O)CCCCCCCCCCCCCCC/C=C\C/C=C\C/C=C\C/C=C\C/C=C\C/C=C\C/C=C\C/C=C\C/C=C\CC. The number of carbonyl (C=O) groups is 2. The van der Waals surface area contributed by atoms with Gasteiger partial charge in [0, 0.05) is 12.8 Å². The van der Waals surface area contributed by atoms with Crippen molar-refractivity contribution in [1.29, 1.82) is 0 Å². The number of unbranched alkanes of at least 4 members (excludes halogenated alkanes) is 26. The highest BCUT2D eigenvalue weighted by atomic mass is 16.6. The van der Waals surface area contributed by atoms with Crippen LogP contribution in [0.2, 0.25) is 0 Å². The molecule has 0 radical (unpaired) electrons. The van der Waals surface area contributed by atoms with Crippen LogP contribution in [-0.4, -0.2) is 36.4 Å². The van der Waals surface area contributed by atoms with Gasteiger partial charge in [0.1, 0.15) is 6.61 Å². The summed E-state index contributed by atoms with van der Waals surface area (Å²) in [4.78, 5) is 24.7. The van der Waals surface area contributed by atoms with Crippen molar-refractivity contribution >= 4 is 11.9 Å². The summed E-state index contributed by atoms with van der Waals surface area (Å²) in [5.74, 6) is -0.597. The van der Waals surface area contributed by atoms with E-state index in [0.29, 0.717) is 12.8 Å². The van der Waals surface area contributed by atoms with Crippen molar-refractivity contribution in [1.82, 2.24) is 0 Å². The maximum absolute atomic E-state index is 12.4. The van der Waals surface area contributed by atoms with E-state index >= 15 is 0 Å². The lowest BCUT2D eigenvalue weighted by atomic mass is 10.0. The zero-order valence-electron chi connectivity index (χ0n) is 61.8. The topological polar surface area (TPSA) is 72.8 Å². The van der Waals surface area contributed by atoms with Gasteiger partial charge in [-0.05, 0) is 154 Å². The number of carbonyl (C=O) groups excluding carboxylic acids is 2. The number of ether oxygens (including phenoxy) is 2. The lowest BCUT2D eigenvalue weighted by Crippen LogP contribution is -2.28.